The predicted molar refractivity (Wildman–Crippen MR) is 49.8 cm³/mol. The van der Waals surface area contributed by atoms with E-state index >= 15 is 0 Å². The van der Waals surface area contributed by atoms with Crippen molar-refractivity contribution in [1.29, 1.82) is 0 Å². The number of halogens is 2. The molecule has 0 amide bonds. The van der Waals surface area contributed by atoms with E-state index in [4.69, 9.17) is 5.11 Å². The van der Waals surface area contributed by atoms with Gasteiger partial charge >= 0.3 is 6.61 Å². The number of rotatable bonds is 5. The lowest BCUT2D eigenvalue weighted by molar-refractivity contribution is -0.0501. The molecule has 0 aromatic heterocycles. The van der Waals surface area contributed by atoms with Crippen LogP contribution in [0.15, 0.2) is 12.1 Å². The molecule has 86 valence electrons. The highest BCUT2D eigenvalue weighted by molar-refractivity contribution is 5.85. The van der Waals surface area contributed by atoms with E-state index in [0.29, 0.717) is 12.6 Å². The smallest absolute Gasteiger partial charge is 0.387 e. The van der Waals surface area contributed by atoms with Crippen LogP contribution in [-0.2, 0) is 6.61 Å². The van der Waals surface area contributed by atoms with E-state index in [1.54, 1.807) is 0 Å². The maximum Gasteiger partial charge on any atom is 0.387 e. The highest BCUT2D eigenvalue weighted by Crippen LogP contribution is 2.23. The summed E-state index contributed by atoms with van der Waals surface area (Å²) in [5.74, 6) is -0.385. The fourth-order valence-electron chi connectivity index (χ4n) is 1.20. The summed E-state index contributed by atoms with van der Waals surface area (Å²) < 4.78 is 28.0. The van der Waals surface area contributed by atoms with Crippen LogP contribution in [0.1, 0.15) is 26.3 Å². The number of aliphatic hydroxyl groups excluding tert-OH is 1. The monoisotopic (exact) mass is 230 g/mol. The molecule has 1 rings (SSSR count). The quantitative estimate of drug-likeness (QED) is 0.776. The van der Waals surface area contributed by atoms with Gasteiger partial charge in [-0.2, -0.15) is 8.78 Å². The Bertz CT molecular complexity index is 404. The van der Waals surface area contributed by atoms with Gasteiger partial charge in [-0.05, 0) is 17.7 Å². The Labute approximate surface area is 89.5 Å². The van der Waals surface area contributed by atoms with Crippen LogP contribution in [0.4, 0.5) is 8.78 Å². The summed E-state index contributed by atoms with van der Waals surface area (Å²) in [6, 6.07) is 2.13. The number of carbonyl (C=O) groups excluding carboxylic acids is 2. The van der Waals surface area contributed by atoms with Gasteiger partial charge in [0.25, 0.3) is 0 Å². The van der Waals surface area contributed by atoms with Crippen LogP contribution in [-0.4, -0.2) is 24.3 Å². The van der Waals surface area contributed by atoms with E-state index < -0.39 is 13.2 Å². The Morgan fingerprint density at radius 1 is 1.25 bits per heavy atom. The fraction of sp³-hybridized carbons (Fsp3) is 0.200. The molecule has 0 atom stereocenters. The minimum absolute atomic E-state index is 0.00347. The van der Waals surface area contributed by atoms with Crippen molar-refractivity contribution in [1.82, 2.24) is 0 Å². The minimum Gasteiger partial charge on any atom is -0.434 e. The van der Waals surface area contributed by atoms with Gasteiger partial charge in [0.2, 0.25) is 0 Å². The summed E-state index contributed by atoms with van der Waals surface area (Å²) in [5, 5.41) is 8.88. The molecular weight excluding hydrogens is 222 g/mol. The summed E-state index contributed by atoms with van der Waals surface area (Å²) in [7, 11) is 0. The molecule has 6 heteroatoms. The molecule has 0 saturated heterocycles. The maximum absolute atomic E-state index is 12.0. The van der Waals surface area contributed by atoms with Crippen LogP contribution in [0, 0.1) is 0 Å². The summed E-state index contributed by atoms with van der Waals surface area (Å²) in [6.07, 6.45) is 0.698. The van der Waals surface area contributed by atoms with Gasteiger partial charge < -0.3 is 9.84 Å². The lowest BCUT2D eigenvalue weighted by atomic mass is 10.0. The Morgan fingerprint density at radius 3 is 2.31 bits per heavy atom. The van der Waals surface area contributed by atoms with Gasteiger partial charge in [0.1, 0.15) is 5.75 Å². The number of aliphatic hydroxyl groups is 1. The number of hydrogen-bond donors (Lipinski definition) is 1. The van der Waals surface area contributed by atoms with Crippen molar-refractivity contribution in [3.05, 3.63) is 28.8 Å². The second-order valence-corrected chi connectivity index (χ2v) is 2.86. The third kappa shape index (κ3) is 2.60. The van der Waals surface area contributed by atoms with Crippen LogP contribution < -0.4 is 4.74 Å². The average Bonchev–Trinajstić information content (AvgIpc) is 2.27. The average molecular weight is 230 g/mol. The maximum atomic E-state index is 12.0. The van der Waals surface area contributed by atoms with E-state index in [2.05, 4.69) is 4.74 Å². The first-order valence-electron chi connectivity index (χ1n) is 4.25. The molecular formula is C10H8F2O4. The molecule has 0 bridgehead atoms. The Hall–Kier alpha value is -1.82. The standard InChI is InChI=1S/C10H8F2O4/c11-10(12)16-9-2-7(4-14)6(3-13)1-8(9)5-15/h1-2,4-5,10,13H,3H2. The van der Waals surface area contributed by atoms with Gasteiger partial charge in [-0.3, -0.25) is 9.59 Å². The van der Waals surface area contributed by atoms with Crippen molar-refractivity contribution >= 4 is 12.6 Å². The van der Waals surface area contributed by atoms with Crippen molar-refractivity contribution in [3.63, 3.8) is 0 Å². The molecule has 0 fully saturated rings. The number of hydrogen-bond acceptors (Lipinski definition) is 4. The summed E-state index contributed by atoms with van der Waals surface area (Å²) >= 11 is 0. The lowest BCUT2D eigenvalue weighted by Crippen LogP contribution is -2.06. The van der Waals surface area contributed by atoms with Gasteiger partial charge in [0, 0.05) is 5.56 Å². The van der Waals surface area contributed by atoms with Crippen LogP contribution in [0.3, 0.4) is 0 Å². The van der Waals surface area contributed by atoms with E-state index in [1.807, 2.05) is 0 Å². The second-order valence-electron chi connectivity index (χ2n) is 2.86. The first-order chi connectivity index (χ1) is 7.62. The Balaban J connectivity index is 3.25. The van der Waals surface area contributed by atoms with Crippen LogP contribution >= 0.6 is 0 Å². The highest BCUT2D eigenvalue weighted by Gasteiger charge is 2.13. The molecule has 0 heterocycles. The molecule has 1 N–H and O–H groups in total. The molecule has 1 aromatic carbocycles. The van der Waals surface area contributed by atoms with Crippen molar-refractivity contribution in [2.24, 2.45) is 0 Å². The third-order valence-corrected chi connectivity index (χ3v) is 1.91. The zero-order valence-electron chi connectivity index (χ0n) is 8.02. The van der Waals surface area contributed by atoms with Gasteiger partial charge in [-0.1, -0.05) is 0 Å². The zero-order valence-corrected chi connectivity index (χ0v) is 8.02. The number of carbonyl (C=O) groups is 2. The summed E-state index contributed by atoms with van der Waals surface area (Å²) in [6.45, 7) is -3.55. The molecule has 0 aliphatic carbocycles. The first kappa shape index (κ1) is 12.3. The topological polar surface area (TPSA) is 63.6 Å². The fourth-order valence-corrected chi connectivity index (χ4v) is 1.20. The third-order valence-electron chi connectivity index (χ3n) is 1.91. The Kier molecular flexibility index (Phi) is 4.07. The van der Waals surface area contributed by atoms with E-state index in [1.165, 1.54) is 0 Å². The van der Waals surface area contributed by atoms with Gasteiger partial charge in [-0.25, -0.2) is 0 Å². The number of benzene rings is 1. The van der Waals surface area contributed by atoms with Gasteiger partial charge in [0.15, 0.2) is 12.6 Å². The zero-order chi connectivity index (χ0) is 12.1. The largest absolute Gasteiger partial charge is 0.434 e. The van der Waals surface area contributed by atoms with Gasteiger partial charge in [-0.15, -0.1) is 0 Å². The molecule has 0 unspecified atom stereocenters. The van der Waals surface area contributed by atoms with Gasteiger partial charge in [0.05, 0.1) is 12.2 Å². The molecule has 0 saturated carbocycles. The molecule has 0 aliphatic heterocycles. The first-order valence-corrected chi connectivity index (χ1v) is 4.25. The SMILES string of the molecule is O=Cc1cc(OC(F)F)c(C=O)cc1CO. The molecule has 4 nitrogen and oxygen atoms in total. The predicted octanol–water partition coefficient (Wildman–Crippen LogP) is 1.41. The van der Waals surface area contributed by atoms with E-state index in [0.717, 1.165) is 12.1 Å². The summed E-state index contributed by atoms with van der Waals surface area (Å²) in [4.78, 5) is 21.2. The van der Waals surface area contributed by atoms with Crippen molar-refractivity contribution in [3.8, 4) is 5.75 Å². The lowest BCUT2D eigenvalue weighted by Gasteiger charge is -2.10. The number of alkyl halides is 2. The molecule has 0 spiro atoms. The second kappa shape index (κ2) is 5.32. The number of ether oxygens (including phenoxy) is 1. The van der Waals surface area contributed by atoms with Crippen LogP contribution in [0.5, 0.6) is 5.75 Å². The number of aldehydes is 2. The normalized spacial score (nSPS) is 10.2. The Morgan fingerprint density at radius 2 is 1.88 bits per heavy atom. The van der Waals surface area contributed by atoms with Crippen molar-refractivity contribution in [2.75, 3.05) is 0 Å². The molecule has 16 heavy (non-hydrogen) atoms. The molecule has 1 aromatic rings. The highest BCUT2D eigenvalue weighted by atomic mass is 19.3. The molecule has 0 radical (unpaired) electrons. The van der Waals surface area contributed by atoms with Crippen LogP contribution in [0.25, 0.3) is 0 Å². The van der Waals surface area contributed by atoms with E-state index in [-0.39, 0.29) is 22.4 Å². The van der Waals surface area contributed by atoms with Crippen molar-refractivity contribution < 1.29 is 28.2 Å². The van der Waals surface area contributed by atoms with Crippen molar-refractivity contribution in [2.45, 2.75) is 13.2 Å². The van der Waals surface area contributed by atoms with Crippen LogP contribution in [0.2, 0.25) is 0 Å². The molecule has 0 aliphatic rings. The van der Waals surface area contributed by atoms with E-state index in [9.17, 15) is 18.4 Å². The summed E-state index contributed by atoms with van der Waals surface area (Å²) in [5.41, 5.74) is 0.0393. The minimum atomic E-state index is -3.09.